The molecule has 1 atom stereocenters. The van der Waals surface area contributed by atoms with Gasteiger partial charge < -0.3 is 10.6 Å². The quantitative estimate of drug-likeness (QED) is 0.616. The van der Waals surface area contributed by atoms with E-state index in [-0.39, 0.29) is 34.6 Å². The highest BCUT2D eigenvalue weighted by atomic mass is 32.2. The van der Waals surface area contributed by atoms with Crippen LogP contribution in [0.25, 0.3) is 0 Å². The monoisotopic (exact) mass is 476 g/mol. The number of sulfone groups is 1. The summed E-state index contributed by atoms with van der Waals surface area (Å²) in [6.45, 7) is 1.78. The van der Waals surface area contributed by atoms with Gasteiger partial charge in [0.05, 0.1) is 28.4 Å². The number of thioether (sulfide) groups is 1. The molecular formula is C24H32N2O4S2. The zero-order chi connectivity index (χ0) is 22.6. The van der Waals surface area contributed by atoms with E-state index in [9.17, 15) is 18.0 Å². The lowest BCUT2D eigenvalue weighted by Crippen LogP contribution is -2.60. The molecule has 1 unspecified atom stereocenters. The molecule has 1 aromatic carbocycles. The van der Waals surface area contributed by atoms with E-state index in [0.29, 0.717) is 12.0 Å². The molecule has 6 nitrogen and oxygen atoms in total. The van der Waals surface area contributed by atoms with E-state index in [1.807, 2.05) is 12.1 Å². The molecule has 1 saturated heterocycles. The molecule has 1 heterocycles. The molecule has 0 radical (unpaired) electrons. The molecule has 4 aliphatic carbocycles. The van der Waals surface area contributed by atoms with Crippen LogP contribution in [0.4, 0.5) is 0 Å². The molecule has 174 valence electrons. The Morgan fingerprint density at radius 3 is 2.25 bits per heavy atom. The summed E-state index contributed by atoms with van der Waals surface area (Å²) in [7, 11) is -3.11. The van der Waals surface area contributed by atoms with Gasteiger partial charge in [-0.25, -0.2) is 8.42 Å². The van der Waals surface area contributed by atoms with E-state index in [2.05, 4.69) is 10.6 Å². The summed E-state index contributed by atoms with van der Waals surface area (Å²) >= 11 is 1.38. The molecule has 6 rings (SSSR count). The van der Waals surface area contributed by atoms with Crippen molar-refractivity contribution in [3.05, 3.63) is 29.8 Å². The Morgan fingerprint density at radius 2 is 1.66 bits per heavy atom. The van der Waals surface area contributed by atoms with Crippen LogP contribution in [0.15, 0.2) is 29.2 Å². The molecule has 4 saturated carbocycles. The average Bonchev–Trinajstić information content (AvgIpc) is 2.97. The third-order valence-corrected chi connectivity index (χ3v) is 10.8. The normalized spacial score (nSPS) is 36.7. The zero-order valence-electron chi connectivity index (χ0n) is 18.6. The number of hydrogen-bond donors (Lipinski definition) is 2. The van der Waals surface area contributed by atoms with Gasteiger partial charge in [-0.2, -0.15) is 0 Å². The summed E-state index contributed by atoms with van der Waals surface area (Å²) in [6.07, 6.45) is 7.80. The van der Waals surface area contributed by atoms with Crippen molar-refractivity contribution in [2.45, 2.75) is 67.8 Å². The first-order valence-corrected chi connectivity index (χ1v) is 14.5. The van der Waals surface area contributed by atoms with Gasteiger partial charge in [-0.3, -0.25) is 9.59 Å². The SMILES string of the molecule is CC1(NC(=O)c2ccccc2SCC(=O)NC23CC4CC(CC(C4)C2)C3)CCS(=O)(=O)C1. The number of carbonyl (C=O) groups is 2. The smallest absolute Gasteiger partial charge is 0.252 e. The Bertz CT molecular complexity index is 1000. The highest BCUT2D eigenvalue weighted by Gasteiger charge is 2.51. The fourth-order valence-corrected chi connectivity index (χ4v) is 9.91. The molecule has 2 N–H and O–H groups in total. The van der Waals surface area contributed by atoms with E-state index >= 15 is 0 Å². The van der Waals surface area contributed by atoms with Gasteiger partial charge in [-0.1, -0.05) is 12.1 Å². The highest BCUT2D eigenvalue weighted by Crippen LogP contribution is 2.55. The van der Waals surface area contributed by atoms with Crippen molar-refractivity contribution in [2.75, 3.05) is 17.3 Å². The number of benzene rings is 1. The minimum atomic E-state index is -3.11. The predicted molar refractivity (Wildman–Crippen MR) is 125 cm³/mol. The van der Waals surface area contributed by atoms with Gasteiger partial charge in [0, 0.05) is 10.4 Å². The maximum Gasteiger partial charge on any atom is 0.252 e. The molecule has 0 aromatic heterocycles. The number of hydrogen-bond acceptors (Lipinski definition) is 5. The van der Waals surface area contributed by atoms with Gasteiger partial charge in [0.2, 0.25) is 5.91 Å². The lowest BCUT2D eigenvalue weighted by Gasteiger charge is -2.56. The second-order valence-corrected chi connectivity index (χ2v) is 14.1. The van der Waals surface area contributed by atoms with Crippen molar-refractivity contribution in [1.29, 1.82) is 0 Å². The Balaban J connectivity index is 1.21. The number of carbonyl (C=O) groups excluding carboxylic acids is 2. The molecule has 32 heavy (non-hydrogen) atoms. The largest absolute Gasteiger partial charge is 0.350 e. The number of amides is 2. The van der Waals surface area contributed by atoms with Crippen molar-refractivity contribution < 1.29 is 18.0 Å². The molecule has 8 heteroatoms. The van der Waals surface area contributed by atoms with Crippen molar-refractivity contribution in [3.63, 3.8) is 0 Å². The molecular weight excluding hydrogens is 444 g/mol. The highest BCUT2D eigenvalue weighted by molar-refractivity contribution is 8.00. The van der Waals surface area contributed by atoms with Crippen LogP contribution in [0.3, 0.4) is 0 Å². The second-order valence-electron chi connectivity index (χ2n) is 10.9. The summed E-state index contributed by atoms with van der Waals surface area (Å²) in [5.41, 5.74) is -0.263. The zero-order valence-corrected chi connectivity index (χ0v) is 20.2. The summed E-state index contributed by atoms with van der Waals surface area (Å²) < 4.78 is 23.7. The van der Waals surface area contributed by atoms with Crippen LogP contribution in [-0.2, 0) is 14.6 Å². The van der Waals surface area contributed by atoms with Gasteiger partial charge in [0.25, 0.3) is 5.91 Å². The maximum absolute atomic E-state index is 13.0. The average molecular weight is 477 g/mol. The topological polar surface area (TPSA) is 92.3 Å². The summed E-state index contributed by atoms with van der Waals surface area (Å²) in [4.78, 5) is 26.6. The predicted octanol–water partition coefficient (Wildman–Crippen LogP) is 3.17. The Kier molecular flexibility index (Phi) is 5.60. The first kappa shape index (κ1) is 22.3. The Labute approximate surface area is 194 Å². The van der Waals surface area contributed by atoms with E-state index in [1.54, 1.807) is 19.1 Å². The third-order valence-electron chi connectivity index (χ3n) is 7.85. The summed E-state index contributed by atoms with van der Waals surface area (Å²) in [5.74, 6) is 2.44. The van der Waals surface area contributed by atoms with Crippen molar-refractivity contribution >= 4 is 33.4 Å². The lowest BCUT2D eigenvalue weighted by molar-refractivity contribution is -0.124. The van der Waals surface area contributed by atoms with Crippen LogP contribution < -0.4 is 10.6 Å². The minimum Gasteiger partial charge on any atom is -0.350 e. The number of rotatable bonds is 6. The Hall–Kier alpha value is -1.54. The van der Waals surface area contributed by atoms with Gasteiger partial charge >= 0.3 is 0 Å². The van der Waals surface area contributed by atoms with Crippen LogP contribution in [0.5, 0.6) is 0 Å². The van der Waals surface area contributed by atoms with Crippen LogP contribution in [0, 0.1) is 17.8 Å². The first-order valence-electron chi connectivity index (χ1n) is 11.7. The fourth-order valence-electron chi connectivity index (χ4n) is 6.97. The summed E-state index contributed by atoms with van der Waals surface area (Å²) in [6, 6.07) is 7.24. The van der Waals surface area contributed by atoms with Crippen molar-refractivity contribution in [2.24, 2.45) is 17.8 Å². The first-order chi connectivity index (χ1) is 15.1. The third kappa shape index (κ3) is 4.58. The van der Waals surface area contributed by atoms with E-state index in [1.165, 1.54) is 31.0 Å². The van der Waals surface area contributed by atoms with Gasteiger partial charge in [0.1, 0.15) is 0 Å². The molecule has 5 fully saturated rings. The van der Waals surface area contributed by atoms with Gasteiger partial charge in [-0.05, 0) is 81.8 Å². The van der Waals surface area contributed by atoms with E-state index in [4.69, 9.17) is 0 Å². The molecule has 1 aromatic rings. The van der Waals surface area contributed by atoms with E-state index in [0.717, 1.165) is 41.9 Å². The van der Waals surface area contributed by atoms with Crippen LogP contribution in [0.2, 0.25) is 0 Å². The van der Waals surface area contributed by atoms with Gasteiger partial charge in [0.15, 0.2) is 9.84 Å². The molecule has 4 bridgehead atoms. The summed E-state index contributed by atoms with van der Waals surface area (Å²) in [5, 5.41) is 6.32. The number of nitrogens with one attached hydrogen (secondary N) is 2. The Morgan fingerprint density at radius 1 is 1.03 bits per heavy atom. The van der Waals surface area contributed by atoms with Crippen LogP contribution >= 0.6 is 11.8 Å². The maximum atomic E-state index is 13.0. The van der Waals surface area contributed by atoms with Crippen molar-refractivity contribution in [1.82, 2.24) is 10.6 Å². The molecule has 0 spiro atoms. The molecule has 2 amide bonds. The second kappa shape index (κ2) is 8.05. The lowest BCUT2D eigenvalue weighted by atomic mass is 9.53. The molecule has 5 aliphatic rings. The van der Waals surface area contributed by atoms with Gasteiger partial charge in [-0.15, -0.1) is 11.8 Å². The van der Waals surface area contributed by atoms with Crippen LogP contribution in [-0.4, -0.2) is 48.6 Å². The fraction of sp³-hybridized carbons (Fsp3) is 0.667. The minimum absolute atomic E-state index is 0.00809. The van der Waals surface area contributed by atoms with Crippen LogP contribution in [0.1, 0.15) is 62.2 Å². The van der Waals surface area contributed by atoms with Crippen molar-refractivity contribution in [3.8, 4) is 0 Å². The van der Waals surface area contributed by atoms with E-state index < -0.39 is 15.4 Å². The molecule has 1 aliphatic heterocycles. The standard InChI is InChI=1S/C24H32N2O4S2/c1-23(6-7-32(29,30)15-23)26-22(28)19-4-2-3-5-20(19)31-14-21(27)25-24-11-16-8-17(12-24)10-18(9-16)13-24/h2-5,16-18H,6-15H2,1H3,(H,25,27)(H,26,28).